The lowest BCUT2D eigenvalue weighted by molar-refractivity contribution is -0.144. The molecule has 2 aliphatic heterocycles. The molecule has 0 atom stereocenters. The van der Waals surface area contributed by atoms with E-state index >= 15 is 0 Å². The van der Waals surface area contributed by atoms with Gasteiger partial charge in [-0.3, -0.25) is 14.4 Å². The van der Waals surface area contributed by atoms with E-state index in [-0.39, 0.29) is 0 Å². The molecule has 7 nitrogen and oxygen atoms in total. The number of rotatable bonds is 3. The highest BCUT2D eigenvalue weighted by Crippen LogP contribution is 2.24. The van der Waals surface area contributed by atoms with Gasteiger partial charge in [-0.05, 0) is 43.0 Å². The van der Waals surface area contributed by atoms with E-state index in [1.54, 1.807) is 4.90 Å². The number of hydrogen-bond donors (Lipinski definition) is 1. The molecule has 26 heavy (non-hydrogen) atoms. The van der Waals surface area contributed by atoms with Gasteiger partial charge < -0.3 is 20.0 Å². The third-order valence-electron chi connectivity index (χ3n) is 5.22. The van der Waals surface area contributed by atoms with E-state index < -0.39 is 11.8 Å². The molecule has 3 amide bonds. The minimum atomic E-state index is -0.635. The molecular weight excluding hydrogens is 332 g/mol. The molecule has 2 saturated heterocycles. The maximum absolute atomic E-state index is 12.2. The van der Waals surface area contributed by atoms with Crippen LogP contribution in [0.15, 0.2) is 24.3 Å². The molecule has 0 unspecified atom stereocenters. The van der Waals surface area contributed by atoms with Crippen molar-refractivity contribution in [2.45, 2.75) is 19.8 Å². The van der Waals surface area contributed by atoms with Crippen LogP contribution < -0.4 is 10.2 Å². The first-order valence-electron chi connectivity index (χ1n) is 9.21. The first kappa shape index (κ1) is 18.2. The highest BCUT2D eigenvalue weighted by molar-refractivity contribution is 6.39. The van der Waals surface area contributed by atoms with Crippen molar-refractivity contribution in [3.8, 4) is 0 Å². The Labute approximate surface area is 153 Å². The van der Waals surface area contributed by atoms with Crippen LogP contribution in [-0.4, -0.2) is 67.3 Å². The quantitative estimate of drug-likeness (QED) is 0.650. The van der Waals surface area contributed by atoms with Gasteiger partial charge in [0.1, 0.15) is 0 Å². The monoisotopic (exact) mass is 358 g/mol. The second-order valence-corrected chi connectivity index (χ2v) is 7.10. The van der Waals surface area contributed by atoms with Crippen molar-refractivity contribution in [3.63, 3.8) is 0 Å². The van der Waals surface area contributed by atoms with Crippen LogP contribution in [0.3, 0.4) is 0 Å². The molecule has 0 radical (unpaired) electrons. The second kappa shape index (κ2) is 8.21. The molecule has 140 valence electrons. The summed E-state index contributed by atoms with van der Waals surface area (Å²) in [5.41, 5.74) is 1.76. The number of piperidine rings is 1. The van der Waals surface area contributed by atoms with Crippen molar-refractivity contribution in [2.75, 3.05) is 49.5 Å². The molecule has 0 bridgehead atoms. The number of nitrogens with one attached hydrogen (secondary N) is 1. The van der Waals surface area contributed by atoms with Crippen molar-refractivity contribution >= 4 is 29.6 Å². The van der Waals surface area contributed by atoms with Gasteiger partial charge in [0.15, 0.2) is 0 Å². The molecule has 2 heterocycles. The van der Waals surface area contributed by atoms with Gasteiger partial charge in [-0.15, -0.1) is 0 Å². The molecule has 2 fully saturated rings. The number of piperazine rings is 1. The SMILES string of the molecule is CC1CCN(c2ccc(NC(=O)C(=O)N3CCN(C=O)CC3)cc2)CC1. The summed E-state index contributed by atoms with van der Waals surface area (Å²) in [6.07, 6.45) is 3.17. The van der Waals surface area contributed by atoms with Crippen molar-refractivity contribution < 1.29 is 14.4 Å². The number of carbonyl (C=O) groups is 3. The van der Waals surface area contributed by atoms with Crippen LogP contribution in [-0.2, 0) is 14.4 Å². The van der Waals surface area contributed by atoms with E-state index in [0.717, 1.165) is 31.1 Å². The smallest absolute Gasteiger partial charge is 0.313 e. The molecule has 3 rings (SSSR count). The van der Waals surface area contributed by atoms with Crippen LogP contribution in [0.1, 0.15) is 19.8 Å². The van der Waals surface area contributed by atoms with Crippen molar-refractivity contribution in [1.29, 1.82) is 0 Å². The molecule has 0 spiro atoms. The van der Waals surface area contributed by atoms with Gasteiger partial charge in [-0.2, -0.15) is 0 Å². The van der Waals surface area contributed by atoms with E-state index in [1.807, 2.05) is 24.3 Å². The van der Waals surface area contributed by atoms with Gasteiger partial charge >= 0.3 is 11.8 Å². The lowest BCUT2D eigenvalue weighted by Crippen LogP contribution is -2.51. The zero-order valence-corrected chi connectivity index (χ0v) is 15.2. The van der Waals surface area contributed by atoms with Crippen LogP contribution in [0.4, 0.5) is 11.4 Å². The summed E-state index contributed by atoms with van der Waals surface area (Å²) in [6.45, 7) is 6.09. The standard InChI is InChI=1S/C19H26N4O3/c1-15-6-8-22(9-7-15)17-4-2-16(3-5-17)20-18(25)19(26)23-12-10-21(14-24)11-13-23/h2-5,14-15H,6-13H2,1H3,(H,20,25). The summed E-state index contributed by atoms with van der Waals surface area (Å²) in [7, 11) is 0. The maximum atomic E-state index is 12.2. The molecule has 0 saturated carbocycles. The summed E-state index contributed by atoms with van der Waals surface area (Å²) in [4.78, 5) is 40.6. The van der Waals surface area contributed by atoms with E-state index in [9.17, 15) is 14.4 Å². The van der Waals surface area contributed by atoms with E-state index in [1.165, 1.54) is 17.7 Å². The van der Waals surface area contributed by atoms with Gasteiger partial charge in [0.25, 0.3) is 0 Å². The number of benzene rings is 1. The van der Waals surface area contributed by atoms with Crippen LogP contribution in [0, 0.1) is 5.92 Å². The van der Waals surface area contributed by atoms with Crippen LogP contribution >= 0.6 is 0 Å². The van der Waals surface area contributed by atoms with Crippen LogP contribution in [0.2, 0.25) is 0 Å². The largest absolute Gasteiger partial charge is 0.372 e. The molecule has 2 aliphatic rings. The Morgan fingerprint density at radius 2 is 1.62 bits per heavy atom. The Hall–Kier alpha value is -2.57. The predicted octanol–water partition coefficient (Wildman–Crippen LogP) is 1.16. The van der Waals surface area contributed by atoms with Gasteiger partial charge in [0.2, 0.25) is 6.41 Å². The summed E-state index contributed by atoms with van der Waals surface area (Å²) in [6, 6.07) is 7.64. The molecule has 7 heteroatoms. The highest BCUT2D eigenvalue weighted by Gasteiger charge is 2.25. The fourth-order valence-electron chi connectivity index (χ4n) is 3.38. The molecule has 1 N–H and O–H groups in total. The highest BCUT2D eigenvalue weighted by atomic mass is 16.2. The van der Waals surface area contributed by atoms with E-state index in [0.29, 0.717) is 31.9 Å². The fourth-order valence-corrected chi connectivity index (χ4v) is 3.38. The first-order valence-corrected chi connectivity index (χ1v) is 9.21. The van der Waals surface area contributed by atoms with Crippen LogP contribution in [0.25, 0.3) is 0 Å². The number of anilines is 2. The van der Waals surface area contributed by atoms with Crippen molar-refractivity contribution in [2.24, 2.45) is 5.92 Å². The van der Waals surface area contributed by atoms with Gasteiger partial charge in [-0.25, -0.2) is 0 Å². The maximum Gasteiger partial charge on any atom is 0.313 e. The lowest BCUT2D eigenvalue weighted by Gasteiger charge is -2.32. The molecule has 1 aromatic carbocycles. The second-order valence-electron chi connectivity index (χ2n) is 7.10. The zero-order valence-electron chi connectivity index (χ0n) is 15.2. The summed E-state index contributed by atoms with van der Waals surface area (Å²) < 4.78 is 0. The van der Waals surface area contributed by atoms with E-state index in [2.05, 4.69) is 17.1 Å². The first-order chi connectivity index (χ1) is 12.6. The van der Waals surface area contributed by atoms with Gasteiger partial charge in [0.05, 0.1) is 0 Å². The summed E-state index contributed by atoms with van der Waals surface area (Å²) in [5.74, 6) is -0.405. The number of carbonyl (C=O) groups excluding carboxylic acids is 3. The predicted molar refractivity (Wildman–Crippen MR) is 99.9 cm³/mol. The Kier molecular flexibility index (Phi) is 5.75. The Balaban J connectivity index is 1.52. The third-order valence-corrected chi connectivity index (χ3v) is 5.22. The minimum absolute atomic E-state index is 0.386. The van der Waals surface area contributed by atoms with Crippen molar-refractivity contribution in [3.05, 3.63) is 24.3 Å². The third kappa shape index (κ3) is 4.33. The Morgan fingerprint density at radius 3 is 2.19 bits per heavy atom. The minimum Gasteiger partial charge on any atom is -0.372 e. The molecular formula is C19H26N4O3. The number of hydrogen-bond acceptors (Lipinski definition) is 4. The van der Waals surface area contributed by atoms with E-state index in [4.69, 9.17) is 0 Å². The van der Waals surface area contributed by atoms with Gasteiger partial charge in [0, 0.05) is 50.6 Å². The number of nitrogens with zero attached hydrogens (tertiary/aromatic N) is 3. The van der Waals surface area contributed by atoms with Crippen molar-refractivity contribution in [1.82, 2.24) is 9.80 Å². The number of amides is 3. The Morgan fingerprint density at radius 1 is 1.00 bits per heavy atom. The average molecular weight is 358 g/mol. The topological polar surface area (TPSA) is 73.0 Å². The fraction of sp³-hybridized carbons (Fsp3) is 0.526. The summed E-state index contributed by atoms with van der Waals surface area (Å²) >= 11 is 0. The summed E-state index contributed by atoms with van der Waals surface area (Å²) in [5, 5.41) is 2.67. The average Bonchev–Trinajstić information content (AvgIpc) is 2.69. The normalized spacial score (nSPS) is 18.6. The molecule has 1 aromatic rings. The molecule has 0 aliphatic carbocycles. The zero-order chi connectivity index (χ0) is 18.5. The van der Waals surface area contributed by atoms with Gasteiger partial charge in [-0.1, -0.05) is 6.92 Å². The lowest BCUT2D eigenvalue weighted by atomic mass is 9.99. The Bertz CT molecular complexity index is 645. The molecule has 0 aromatic heterocycles. The van der Waals surface area contributed by atoms with Crippen LogP contribution in [0.5, 0.6) is 0 Å².